The van der Waals surface area contributed by atoms with E-state index in [0.29, 0.717) is 27.9 Å². The second-order valence-corrected chi connectivity index (χ2v) is 6.76. The Labute approximate surface area is 139 Å². The third-order valence-corrected chi connectivity index (χ3v) is 4.74. The van der Waals surface area contributed by atoms with Crippen molar-refractivity contribution in [2.75, 3.05) is 18.2 Å². The van der Waals surface area contributed by atoms with Gasteiger partial charge < -0.3 is 11.1 Å². The number of thioether (sulfide) groups is 1. The van der Waals surface area contributed by atoms with Gasteiger partial charge in [-0.3, -0.25) is 9.48 Å². The van der Waals surface area contributed by atoms with Crippen molar-refractivity contribution in [1.82, 2.24) is 15.1 Å². The number of hydrogen-bond donors (Lipinski definition) is 2. The minimum atomic E-state index is -4.46. The molecule has 0 spiro atoms. The van der Waals surface area contributed by atoms with Gasteiger partial charge in [0.25, 0.3) is 5.91 Å². The standard InChI is InChI=1S/C13H15F3N4OS2/c1-20-11(13(14,15)16)6-8(19-20)9-2-3-10(23-9)12(21)18-4-5-22-7-17/h2-3,6H,4-5,7,17H2,1H3,(H,18,21). The summed E-state index contributed by atoms with van der Waals surface area (Å²) in [6.45, 7) is 0.482. The molecule has 0 bridgehead atoms. The van der Waals surface area contributed by atoms with E-state index in [0.717, 1.165) is 22.1 Å². The van der Waals surface area contributed by atoms with Crippen LogP contribution in [0.25, 0.3) is 10.6 Å². The summed E-state index contributed by atoms with van der Waals surface area (Å²) in [5.41, 5.74) is 4.70. The van der Waals surface area contributed by atoms with Gasteiger partial charge in [0.2, 0.25) is 0 Å². The van der Waals surface area contributed by atoms with Gasteiger partial charge in [-0.2, -0.15) is 18.3 Å². The number of thiophene rings is 1. The fourth-order valence-electron chi connectivity index (χ4n) is 1.86. The summed E-state index contributed by atoms with van der Waals surface area (Å²) in [4.78, 5) is 12.9. The zero-order valence-electron chi connectivity index (χ0n) is 12.2. The van der Waals surface area contributed by atoms with Crippen molar-refractivity contribution in [1.29, 1.82) is 0 Å². The van der Waals surface area contributed by atoms with Gasteiger partial charge in [-0.25, -0.2) is 0 Å². The third kappa shape index (κ3) is 4.49. The van der Waals surface area contributed by atoms with Crippen molar-refractivity contribution in [2.24, 2.45) is 12.8 Å². The highest BCUT2D eigenvalue weighted by Crippen LogP contribution is 2.34. The number of nitrogens with zero attached hydrogens (tertiary/aromatic N) is 2. The summed E-state index contributed by atoms with van der Waals surface area (Å²) in [5.74, 6) is 0.932. The predicted octanol–water partition coefficient (Wildman–Crippen LogP) is 2.55. The van der Waals surface area contributed by atoms with Crippen LogP contribution in [0.15, 0.2) is 18.2 Å². The van der Waals surface area contributed by atoms with Gasteiger partial charge >= 0.3 is 6.18 Å². The molecular formula is C13H15F3N4OS2. The molecule has 0 aliphatic heterocycles. The van der Waals surface area contributed by atoms with Crippen LogP contribution in [0.4, 0.5) is 13.2 Å². The van der Waals surface area contributed by atoms with Crippen LogP contribution in [0, 0.1) is 0 Å². The van der Waals surface area contributed by atoms with Crippen LogP contribution in [0.5, 0.6) is 0 Å². The van der Waals surface area contributed by atoms with E-state index in [4.69, 9.17) is 5.73 Å². The molecule has 0 unspecified atom stereocenters. The molecule has 3 N–H and O–H groups in total. The van der Waals surface area contributed by atoms with Crippen molar-refractivity contribution in [3.63, 3.8) is 0 Å². The number of nitrogens with one attached hydrogen (secondary N) is 1. The van der Waals surface area contributed by atoms with Gasteiger partial charge in [0, 0.05) is 25.2 Å². The fraction of sp³-hybridized carbons (Fsp3) is 0.385. The van der Waals surface area contributed by atoms with Crippen LogP contribution in [-0.2, 0) is 13.2 Å². The molecule has 0 radical (unpaired) electrons. The first-order chi connectivity index (χ1) is 10.8. The Morgan fingerprint density at radius 2 is 2.22 bits per heavy atom. The summed E-state index contributed by atoms with van der Waals surface area (Å²) >= 11 is 2.60. The lowest BCUT2D eigenvalue weighted by atomic mass is 10.3. The molecule has 0 aliphatic rings. The lowest BCUT2D eigenvalue weighted by Crippen LogP contribution is -2.25. The molecule has 0 aliphatic carbocycles. The molecule has 2 aromatic heterocycles. The van der Waals surface area contributed by atoms with Crippen molar-refractivity contribution in [3.8, 4) is 10.6 Å². The molecule has 23 heavy (non-hydrogen) atoms. The van der Waals surface area contributed by atoms with E-state index < -0.39 is 11.9 Å². The van der Waals surface area contributed by atoms with E-state index in [9.17, 15) is 18.0 Å². The van der Waals surface area contributed by atoms with E-state index in [1.165, 1.54) is 18.8 Å². The largest absolute Gasteiger partial charge is 0.433 e. The van der Waals surface area contributed by atoms with Gasteiger partial charge in [0.05, 0.1) is 9.75 Å². The second kappa shape index (κ2) is 7.37. The number of halogens is 3. The number of alkyl halides is 3. The van der Waals surface area contributed by atoms with Crippen LogP contribution in [0.1, 0.15) is 15.4 Å². The van der Waals surface area contributed by atoms with Crippen molar-refractivity contribution in [2.45, 2.75) is 6.18 Å². The number of amides is 1. The van der Waals surface area contributed by atoms with Crippen molar-refractivity contribution < 1.29 is 18.0 Å². The summed E-state index contributed by atoms with van der Waals surface area (Å²) in [5, 5.41) is 6.59. The molecule has 2 heterocycles. The number of hydrogen-bond acceptors (Lipinski definition) is 5. The molecule has 5 nitrogen and oxygen atoms in total. The maximum absolute atomic E-state index is 12.8. The number of aromatic nitrogens is 2. The molecule has 2 aromatic rings. The lowest BCUT2D eigenvalue weighted by Gasteiger charge is -2.04. The monoisotopic (exact) mass is 364 g/mol. The van der Waals surface area contributed by atoms with Gasteiger partial charge in [-0.15, -0.1) is 23.1 Å². The average molecular weight is 364 g/mol. The maximum Gasteiger partial charge on any atom is 0.433 e. The Kier molecular flexibility index (Phi) is 5.71. The third-order valence-electron chi connectivity index (χ3n) is 2.90. The van der Waals surface area contributed by atoms with E-state index in [-0.39, 0.29) is 11.6 Å². The molecule has 126 valence electrons. The molecule has 2 rings (SSSR count). The van der Waals surface area contributed by atoms with Gasteiger partial charge in [-0.05, 0) is 18.2 Å². The van der Waals surface area contributed by atoms with E-state index >= 15 is 0 Å². The Balaban J connectivity index is 2.09. The van der Waals surface area contributed by atoms with Gasteiger partial charge in [-0.1, -0.05) is 0 Å². The first kappa shape index (κ1) is 17.8. The quantitative estimate of drug-likeness (QED) is 0.610. The Hall–Kier alpha value is -1.52. The van der Waals surface area contributed by atoms with Crippen LogP contribution in [0.3, 0.4) is 0 Å². The highest BCUT2D eigenvalue weighted by molar-refractivity contribution is 7.99. The summed E-state index contributed by atoms with van der Waals surface area (Å²) in [6, 6.07) is 4.15. The minimum Gasteiger partial charge on any atom is -0.351 e. The lowest BCUT2D eigenvalue weighted by molar-refractivity contribution is -0.143. The second-order valence-electron chi connectivity index (χ2n) is 4.53. The molecule has 0 fully saturated rings. The smallest absolute Gasteiger partial charge is 0.351 e. The zero-order valence-corrected chi connectivity index (χ0v) is 13.8. The molecule has 1 amide bonds. The van der Waals surface area contributed by atoms with Crippen LogP contribution < -0.4 is 11.1 Å². The average Bonchev–Trinajstić information content (AvgIpc) is 3.09. The molecule has 0 saturated carbocycles. The SMILES string of the molecule is Cn1nc(-c2ccc(C(=O)NCCSCN)s2)cc1C(F)(F)F. The Morgan fingerprint density at radius 1 is 1.48 bits per heavy atom. The first-order valence-corrected chi connectivity index (χ1v) is 8.57. The highest BCUT2D eigenvalue weighted by atomic mass is 32.2. The number of rotatable bonds is 6. The predicted molar refractivity (Wildman–Crippen MR) is 85.4 cm³/mol. The summed E-state index contributed by atoms with van der Waals surface area (Å²) in [7, 11) is 1.24. The van der Waals surface area contributed by atoms with E-state index in [1.54, 1.807) is 12.1 Å². The number of carbonyl (C=O) groups excluding carboxylic acids is 1. The number of carbonyl (C=O) groups is 1. The fourth-order valence-corrected chi connectivity index (χ4v) is 3.15. The molecule has 0 saturated heterocycles. The summed E-state index contributed by atoms with van der Waals surface area (Å²) in [6.07, 6.45) is -4.46. The zero-order chi connectivity index (χ0) is 17.0. The Morgan fingerprint density at radius 3 is 2.83 bits per heavy atom. The normalized spacial score (nSPS) is 11.7. The van der Waals surface area contributed by atoms with Gasteiger partial charge in [0.1, 0.15) is 11.4 Å². The topological polar surface area (TPSA) is 72.9 Å². The van der Waals surface area contributed by atoms with Crippen LogP contribution in [-0.4, -0.2) is 33.9 Å². The number of aryl methyl sites for hydroxylation is 1. The minimum absolute atomic E-state index is 0.197. The highest BCUT2D eigenvalue weighted by Gasteiger charge is 2.35. The molecule has 0 atom stereocenters. The Bertz CT molecular complexity index is 681. The van der Waals surface area contributed by atoms with Crippen LogP contribution in [0.2, 0.25) is 0 Å². The summed E-state index contributed by atoms with van der Waals surface area (Å²) < 4.78 is 39.1. The van der Waals surface area contributed by atoms with E-state index in [1.807, 2.05) is 0 Å². The molecule has 0 aromatic carbocycles. The maximum atomic E-state index is 12.8. The molecular weight excluding hydrogens is 349 g/mol. The first-order valence-electron chi connectivity index (χ1n) is 6.60. The molecule has 10 heteroatoms. The van der Waals surface area contributed by atoms with E-state index in [2.05, 4.69) is 10.4 Å². The van der Waals surface area contributed by atoms with Crippen LogP contribution >= 0.6 is 23.1 Å². The van der Waals surface area contributed by atoms with Crippen molar-refractivity contribution >= 4 is 29.0 Å². The number of nitrogens with two attached hydrogens (primary N) is 1. The van der Waals surface area contributed by atoms with Crippen molar-refractivity contribution in [3.05, 3.63) is 28.8 Å². The van der Waals surface area contributed by atoms with Gasteiger partial charge in [0.15, 0.2) is 0 Å².